The highest BCUT2D eigenvalue weighted by molar-refractivity contribution is 7.99. The Bertz CT molecular complexity index is 1210. The summed E-state index contributed by atoms with van der Waals surface area (Å²) in [6, 6.07) is 13.4. The molecule has 1 N–H and O–H groups in total. The minimum Gasteiger partial charge on any atom is -0.454 e. The van der Waals surface area contributed by atoms with Gasteiger partial charge in [-0.15, -0.1) is 0 Å². The molecule has 35 heavy (non-hydrogen) atoms. The summed E-state index contributed by atoms with van der Waals surface area (Å²) in [7, 11) is 0. The average Bonchev–Trinajstić information content (AvgIpc) is 3.32. The number of piperazine rings is 1. The van der Waals surface area contributed by atoms with Gasteiger partial charge >= 0.3 is 0 Å². The van der Waals surface area contributed by atoms with E-state index >= 15 is 0 Å². The molecule has 11 heteroatoms. The number of hydrogen-bond donors (Lipinski definition) is 1. The zero-order valence-electron chi connectivity index (χ0n) is 18.7. The first kappa shape index (κ1) is 23.7. The molecular formula is C24H23ClFN5O3S. The number of thioether (sulfide) groups is 1. The third kappa shape index (κ3) is 6.14. The van der Waals surface area contributed by atoms with Gasteiger partial charge in [0.05, 0.1) is 5.75 Å². The lowest BCUT2D eigenvalue weighted by Crippen LogP contribution is -2.46. The molecule has 0 atom stereocenters. The van der Waals surface area contributed by atoms with Crippen molar-refractivity contribution in [2.45, 2.75) is 11.7 Å². The summed E-state index contributed by atoms with van der Waals surface area (Å²) in [5.74, 6) is 1.86. The summed E-state index contributed by atoms with van der Waals surface area (Å²) in [6.07, 6.45) is 0. The van der Waals surface area contributed by atoms with Gasteiger partial charge in [0.25, 0.3) is 0 Å². The molecule has 1 aromatic heterocycles. The third-order valence-corrected chi connectivity index (χ3v) is 6.70. The number of benzene rings is 2. The van der Waals surface area contributed by atoms with Crippen LogP contribution in [0.4, 0.5) is 15.9 Å². The highest BCUT2D eigenvalue weighted by atomic mass is 35.5. The Morgan fingerprint density at radius 1 is 1.03 bits per heavy atom. The number of carbonyl (C=O) groups excluding carboxylic acids is 1. The number of rotatable bonds is 7. The largest absolute Gasteiger partial charge is 0.454 e. The fourth-order valence-corrected chi connectivity index (χ4v) is 4.79. The van der Waals surface area contributed by atoms with Crippen LogP contribution in [0, 0.1) is 5.82 Å². The minimum absolute atomic E-state index is 0.112. The van der Waals surface area contributed by atoms with Gasteiger partial charge in [0.2, 0.25) is 12.7 Å². The summed E-state index contributed by atoms with van der Waals surface area (Å²) in [6.45, 7) is 4.45. The van der Waals surface area contributed by atoms with Gasteiger partial charge in [-0.25, -0.2) is 14.4 Å². The van der Waals surface area contributed by atoms with Crippen LogP contribution in [0.5, 0.6) is 11.5 Å². The predicted molar refractivity (Wildman–Crippen MR) is 133 cm³/mol. The minimum atomic E-state index is -0.356. The van der Waals surface area contributed by atoms with Crippen LogP contribution >= 0.6 is 23.4 Å². The van der Waals surface area contributed by atoms with Gasteiger partial charge < -0.3 is 19.7 Å². The molecule has 8 nitrogen and oxygen atoms in total. The fourth-order valence-electron chi connectivity index (χ4n) is 3.90. The van der Waals surface area contributed by atoms with Gasteiger partial charge in [-0.1, -0.05) is 29.4 Å². The third-order valence-electron chi connectivity index (χ3n) is 5.66. The van der Waals surface area contributed by atoms with Gasteiger partial charge in [-0.2, -0.15) is 0 Å². The van der Waals surface area contributed by atoms with Crippen LogP contribution in [-0.4, -0.2) is 59.5 Å². The number of anilines is 2. The van der Waals surface area contributed by atoms with Crippen LogP contribution < -0.4 is 19.7 Å². The molecule has 0 saturated carbocycles. The van der Waals surface area contributed by atoms with E-state index in [1.54, 1.807) is 6.07 Å². The van der Waals surface area contributed by atoms with Crippen LogP contribution in [0.15, 0.2) is 53.7 Å². The van der Waals surface area contributed by atoms with Crippen LogP contribution in [0.3, 0.4) is 0 Å². The number of nitrogens with zero attached hydrogens (tertiary/aromatic N) is 4. The number of amides is 1. The van der Waals surface area contributed by atoms with E-state index in [-0.39, 0.29) is 24.3 Å². The Balaban J connectivity index is 1.14. The predicted octanol–water partition coefficient (Wildman–Crippen LogP) is 4.05. The SMILES string of the molecule is O=C(CSc1nc(Cl)cc(N2CCN(Cc3ccc4c(c3)OCO4)CC2)n1)Nc1ccc(F)cc1. The molecule has 1 fully saturated rings. The Labute approximate surface area is 211 Å². The molecule has 5 rings (SSSR count). The standard InChI is InChI=1S/C24H23ClFN5O3S/c25-21-12-22(29-24(28-21)35-14-23(32)27-18-4-2-17(26)3-5-18)31-9-7-30(8-10-31)13-16-1-6-19-20(11-16)34-15-33-19/h1-6,11-12H,7-10,13-15H2,(H,27,32). The number of halogens is 2. The number of aromatic nitrogens is 2. The molecule has 0 unspecified atom stereocenters. The summed E-state index contributed by atoms with van der Waals surface area (Å²) in [5, 5.41) is 3.49. The van der Waals surface area contributed by atoms with E-state index in [2.05, 4.69) is 31.2 Å². The normalized spacial score (nSPS) is 15.3. The number of fused-ring (bicyclic) bond motifs is 1. The van der Waals surface area contributed by atoms with Crippen molar-refractivity contribution in [2.75, 3.05) is 48.9 Å². The number of nitrogens with one attached hydrogen (secondary N) is 1. The van der Waals surface area contributed by atoms with E-state index in [1.165, 1.54) is 41.6 Å². The monoisotopic (exact) mass is 515 g/mol. The Hall–Kier alpha value is -3.08. The van der Waals surface area contributed by atoms with E-state index in [9.17, 15) is 9.18 Å². The van der Waals surface area contributed by atoms with Crippen molar-refractivity contribution in [1.82, 2.24) is 14.9 Å². The van der Waals surface area contributed by atoms with E-state index in [4.69, 9.17) is 21.1 Å². The summed E-state index contributed by atoms with van der Waals surface area (Å²) in [4.78, 5) is 25.7. The first-order chi connectivity index (χ1) is 17.0. The maximum Gasteiger partial charge on any atom is 0.234 e. The molecule has 0 aliphatic carbocycles. The topological polar surface area (TPSA) is 79.8 Å². The van der Waals surface area contributed by atoms with Crippen LogP contribution in [0.25, 0.3) is 0 Å². The van der Waals surface area contributed by atoms with Crippen molar-refractivity contribution in [2.24, 2.45) is 0 Å². The van der Waals surface area contributed by atoms with E-state index in [0.717, 1.165) is 50.0 Å². The lowest BCUT2D eigenvalue weighted by molar-refractivity contribution is -0.113. The molecule has 1 saturated heterocycles. The molecule has 0 bridgehead atoms. The number of ether oxygens (including phenoxy) is 2. The van der Waals surface area contributed by atoms with Gasteiger partial charge in [-0.3, -0.25) is 9.69 Å². The van der Waals surface area contributed by atoms with Crippen LogP contribution in [-0.2, 0) is 11.3 Å². The quantitative estimate of drug-likeness (QED) is 0.287. The van der Waals surface area contributed by atoms with Crippen molar-refractivity contribution in [3.05, 3.63) is 65.1 Å². The molecule has 3 heterocycles. The number of hydrogen-bond acceptors (Lipinski definition) is 8. The van der Waals surface area contributed by atoms with Gasteiger partial charge in [0.1, 0.15) is 16.8 Å². The van der Waals surface area contributed by atoms with E-state index in [0.29, 0.717) is 16.0 Å². The maximum absolute atomic E-state index is 13.0. The van der Waals surface area contributed by atoms with Gasteiger partial charge in [-0.05, 0) is 42.0 Å². The molecule has 2 aromatic carbocycles. The highest BCUT2D eigenvalue weighted by Crippen LogP contribution is 2.33. The van der Waals surface area contributed by atoms with Gasteiger partial charge in [0, 0.05) is 44.5 Å². The Morgan fingerprint density at radius 2 is 1.80 bits per heavy atom. The molecule has 0 spiro atoms. The first-order valence-electron chi connectivity index (χ1n) is 11.1. The highest BCUT2D eigenvalue weighted by Gasteiger charge is 2.21. The smallest absolute Gasteiger partial charge is 0.234 e. The van der Waals surface area contributed by atoms with Crippen molar-refractivity contribution in [3.63, 3.8) is 0 Å². The van der Waals surface area contributed by atoms with Crippen molar-refractivity contribution in [1.29, 1.82) is 0 Å². The van der Waals surface area contributed by atoms with Crippen LogP contribution in [0.1, 0.15) is 5.56 Å². The first-order valence-corrected chi connectivity index (χ1v) is 12.5. The van der Waals surface area contributed by atoms with Crippen LogP contribution in [0.2, 0.25) is 5.15 Å². The number of carbonyl (C=O) groups is 1. The van der Waals surface area contributed by atoms with Crippen molar-refractivity contribution < 1.29 is 18.7 Å². The molecule has 2 aliphatic rings. The average molecular weight is 516 g/mol. The second-order valence-electron chi connectivity index (χ2n) is 8.13. The second kappa shape index (κ2) is 10.7. The summed E-state index contributed by atoms with van der Waals surface area (Å²) in [5.41, 5.74) is 1.72. The molecule has 0 radical (unpaired) electrons. The lowest BCUT2D eigenvalue weighted by atomic mass is 10.1. The molecule has 3 aromatic rings. The lowest BCUT2D eigenvalue weighted by Gasteiger charge is -2.35. The zero-order valence-corrected chi connectivity index (χ0v) is 20.3. The van der Waals surface area contributed by atoms with E-state index < -0.39 is 0 Å². The second-order valence-corrected chi connectivity index (χ2v) is 9.46. The zero-order chi connectivity index (χ0) is 24.2. The summed E-state index contributed by atoms with van der Waals surface area (Å²) < 4.78 is 23.9. The fraction of sp³-hybridized carbons (Fsp3) is 0.292. The van der Waals surface area contributed by atoms with Crippen molar-refractivity contribution >= 4 is 40.8 Å². The molecular weight excluding hydrogens is 493 g/mol. The van der Waals surface area contributed by atoms with Gasteiger partial charge in [0.15, 0.2) is 16.7 Å². The molecule has 1 amide bonds. The summed E-state index contributed by atoms with van der Waals surface area (Å²) >= 11 is 7.46. The van der Waals surface area contributed by atoms with E-state index in [1.807, 2.05) is 12.1 Å². The van der Waals surface area contributed by atoms with Crippen molar-refractivity contribution in [3.8, 4) is 11.5 Å². The Morgan fingerprint density at radius 3 is 2.60 bits per heavy atom. The maximum atomic E-state index is 13.0. The molecule has 182 valence electrons. The molecule has 2 aliphatic heterocycles. The Kier molecular flexibility index (Phi) is 7.21.